The molecule has 5 nitrogen and oxygen atoms in total. The fourth-order valence-electron chi connectivity index (χ4n) is 1.83. The maximum atomic E-state index is 11.9. The summed E-state index contributed by atoms with van der Waals surface area (Å²) in [5.41, 5.74) is 0.740. The van der Waals surface area contributed by atoms with E-state index in [4.69, 9.17) is 16.3 Å². The Morgan fingerprint density at radius 2 is 2.21 bits per heavy atom. The normalized spacial score (nSPS) is 18.3. The van der Waals surface area contributed by atoms with E-state index in [9.17, 15) is 4.79 Å². The second-order valence-electron chi connectivity index (χ2n) is 4.56. The first kappa shape index (κ1) is 13.7. The number of nitrogens with one attached hydrogen (secondary N) is 2. The molecular formula is C13H16ClN3O2. The molecule has 1 aromatic carbocycles. The summed E-state index contributed by atoms with van der Waals surface area (Å²) in [5.74, 6) is 0.912. The Morgan fingerprint density at radius 3 is 2.79 bits per heavy atom. The number of carbonyl (C=O) groups is 1. The van der Waals surface area contributed by atoms with Gasteiger partial charge in [-0.05, 0) is 31.5 Å². The third-order valence-electron chi connectivity index (χ3n) is 2.67. The first-order chi connectivity index (χ1) is 9.01. The Balaban J connectivity index is 2.24. The van der Waals surface area contributed by atoms with E-state index < -0.39 is 6.04 Å². The molecule has 1 aliphatic heterocycles. The van der Waals surface area contributed by atoms with Crippen LogP contribution in [0.3, 0.4) is 0 Å². The highest BCUT2D eigenvalue weighted by Gasteiger charge is 2.28. The van der Waals surface area contributed by atoms with Crippen molar-refractivity contribution in [3.8, 4) is 5.75 Å². The maximum absolute atomic E-state index is 11.9. The molecule has 1 aliphatic rings. The van der Waals surface area contributed by atoms with Crippen molar-refractivity contribution < 1.29 is 9.53 Å². The highest BCUT2D eigenvalue weighted by molar-refractivity contribution is 6.32. The van der Waals surface area contributed by atoms with Crippen molar-refractivity contribution in [1.29, 1.82) is 0 Å². The maximum Gasteiger partial charge on any atom is 0.256 e. The topological polar surface area (TPSA) is 62.7 Å². The van der Waals surface area contributed by atoms with E-state index in [1.54, 1.807) is 25.3 Å². The van der Waals surface area contributed by atoms with Crippen LogP contribution in [0.2, 0.25) is 5.02 Å². The monoisotopic (exact) mass is 281 g/mol. The van der Waals surface area contributed by atoms with Gasteiger partial charge in [0, 0.05) is 6.04 Å². The van der Waals surface area contributed by atoms with Crippen molar-refractivity contribution in [2.45, 2.75) is 25.9 Å². The predicted molar refractivity (Wildman–Crippen MR) is 74.6 cm³/mol. The van der Waals surface area contributed by atoms with Crippen LogP contribution in [0.15, 0.2) is 23.2 Å². The van der Waals surface area contributed by atoms with Crippen molar-refractivity contribution >= 4 is 23.5 Å². The SMILES string of the molecule is COc1ccc(C2N=C(NC(C)C)NC2=O)cc1Cl. The fourth-order valence-corrected chi connectivity index (χ4v) is 2.10. The van der Waals surface area contributed by atoms with Gasteiger partial charge in [-0.25, -0.2) is 4.99 Å². The summed E-state index contributed by atoms with van der Waals surface area (Å²) in [6, 6.07) is 4.86. The molecule has 6 heteroatoms. The Hall–Kier alpha value is -1.75. The van der Waals surface area contributed by atoms with Crippen LogP contribution in [0, 0.1) is 0 Å². The number of guanidine groups is 1. The highest BCUT2D eigenvalue weighted by atomic mass is 35.5. The molecule has 1 amide bonds. The number of benzene rings is 1. The molecule has 19 heavy (non-hydrogen) atoms. The lowest BCUT2D eigenvalue weighted by Crippen LogP contribution is -2.40. The van der Waals surface area contributed by atoms with Gasteiger partial charge in [0.2, 0.25) is 0 Å². The summed E-state index contributed by atoms with van der Waals surface area (Å²) < 4.78 is 5.08. The van der Waals surface area contributed by atoms with Crippen molar-refractivity contribution in [3.63, 3.8) is 0 Å². The van der Waals surface area contributed by atoms with Crippen LogP contribution in [0.5, 0.6) is 5.75 Å². The minimum atomic E-state index is -0.565. The molecule has 1 aromatic rings. The van der Waals surface area contributed by atoms with Gasteiger partial charge in [-0.15, -0.1) is 0 Å². The van der Waals surface area contributed by atoms with E-state index in [-0.39, 0.29) is 11.9 Å². The standard InChI is InChI=1S/C13H16ClN3O2/c1-7(2)15-13-16-11(12(18)17-13)8-4-5-10(19-3)9(14)6-8/h4-7,11H,1-3H3,(H2,15,16,17,18). The quantitative estimate of drug-likeness (QED) is 0.889. The first-order valence-corrected chi connectivity index (χ1v) is 6.37. The Morgan fingerprint density at radius 1 is 1.47 bits per heavy atom. The number of hydrogen-bond acceptors (Lipinski definition) is 4. The summed E-state index contributed by atoms with van der Waals surface area (Å²) in [6.07, 6.45) is 0. The minimum absolute atomic E-state index is 0.163. The van der Waals surface area contributed by atoms with Gasteiger partial charge in [0.05, 0.1) is 12.1 Å². The zero-order chi connectivity index (χ0) is 14.0. The molecule has 0 spiro atoms. The Labute approximate surface area is 117 Å². The molecule has 1 unspecified atom stereocenters. The highest BCUT2D eigenvalue weighted by Crippen LogP contribution is 2.30. The summed E-state index contributed by atoms with van der Waals surface area (Å²) in [7, 11) is 1.55. The van der Waals surface area contributed by atoms with Gasteiger partial charge in [-0.3, -0.25) is 10.1 Å². The number of nitrogens with zero attached hydrogens (tertiary/aromatic N) is 1. The number of ether oxygens (including phenoxy) is 1. The van der Waals surface area contributed by atoms with E-state index in [1.807, 2.05) is 13.8 Å². The molecule has 1 heterocycles. The lowest BCUT2D eigenvalue weighted by molar-refractivity contribution is -0.120. The van der Waals surface area contributed by atoms with Crippen molar-refractivity contribution in [2.75, 3.05) is 7.11 Å². The number of methoxy groups -OCH3 is 1. The Bertz CT molecular complexity index is 529. The number of amides is 1. The van der Waals surface area contributed by atoms with Gasteiger partial charge >= 0.3 is 0 Å². The molecule has 0 radical (unpaired) electrons. The molecule has 102 valence electrons. The minimum Gasteiger partial charge on any atom is -0.495 e. The van der Waals surface area contributed by atoms with Crippen LogP contribution in [0.1, 0.15) is 25.5 Å². The van der Waals surface area contributed by atoms with Crippen LogP contribution in [0.4, 0.5) is 0 Å². The van der Waals surface area contributed by atoms with Gasteiger partial charge in [0.15, 0.2) is 12.0 Å². The van der Waals surface area contributed by atoms with Crippen LogP contribution < -0.4 is 15.4 Å². The Kier molecular flexibility index (Phi) is 3.95. The smallest absolute Gasteiger partial charge is 0.256 e. The number of aliphatic imine (C=N–C) groups is 1. The lowest BCUT2D eigenvalue weighted by atomic mass is 10.1. The summed E-state index contributed by atoms with van der Waals surface area (Å²) in [4.78, 5) is 16.2. The van der Waals surface area contributed by atoms with Crippen LogP contribution >= 0.6 is 11.6 Å². The molecule has 0 fully saturated rings. The number of halogens is 1. The average molecular weight is 282 g/mol. The molecule has 2 rings (SSSR count). The van der Waals surface area contributed by atoms with Crippen molar-refractivity contribution in [3.05, 3.63) is 28.8 Å². The molecule has 0 saturated carbocycles. The molecule has 0 aromatic heterocycles. The van der Waals surface area contributed by atoms with E-state index >= 15 is 0 Å². The molecule has 2 N–H and O–H groups in total. The van der Waals surface area contributed by atoms with Crippen LogP contribution in [-0.2, 0) is 4.79 Å². The lowest BCUT2D eigenvalue weighted by Gasteiger charge is -2.08. The van der Waals surface area contributed by atoms with Gasteiger partial charge in [-0.2, -0.15) is 0 Å². The number of rotatable bonds is 3. The summed E-state index contributed by atoms with van der Waals surface area (Å²) in [6.45, 7) is 3.96. The molecule has 0 aliphatic carbocycles. The molecular weight excluding hydrogens is 266 g/mol. The number of carbonyl (C=O) groups excluding carboxylic acids is 1. The first-order valence-electron chi connectivity index (χ1n) is 6.00. The van der Waals surface area contributed by atoms with E-state index in [0.717, 1.165) is 5.56 Å². The van der Waals surface area contributed by atoms with E-state index in [0.29, 0.717) is 16.7 Å². The van der Waals surface area contributed by atoms with Crippen molar-refractivity contribution in [1.82, 2.24) is 10.6 Å². The van der Waals surface area contributed by atoms with Gasteiger partial charge in [0.25, 0.3) is 5.91 Å². The third kappa shape index (κ3) is 2.98. The molecule has 0 bridgehead atoms. The summed E-state index contributed by atoms with van der Waals surface area (Å²) >= 11 is 6.06. The van der Waals surface area contributed by atoms with Gasteiger partial charge < -0.3 is 10.1 Å². The average Bonchev–Trinajstić information content (AvgIpc) is 2.69. The largest absolute Gasteiger partial charge is 0.495 e. The summed E-state index contributed by atoms with van der Waals surface area (Å²) in [5, 5.41) is 6.24. The van der Waals surface area contributed by atoms with Gasteiger partial charge in [0.1, 0.15) is 5.75 Å². The third-order valence-corrected chi connectivity index (χ3v) is 2.96. The van der Waals surface area contributed by atoms with Crippen LogP contribution in [-0.4, -0.2) is 25.0 Å². The zero-order valence-corrected chi connectivity index (χ0v) is 11.8. The predicted octanol–water partition coefficient (Wildman–Crippen LogP) is 1.87. The van der Waals surface area contributed by atoms with Crippen molar-refractivity contribution in [2.24, 2.45) is 4.99 Å². The second kappa shape index (κ2) is 5.48. The second-order valence-corrected chi connectivity index (χ2v) is 4.97. The molecule has 0 saturated heterocycles. The zero-order valence-electron chi connectivity index (χ0n) is 11.0. The van der Waals surface area contributed by atoms with Crippen LogP contribution in [0.25, 0.3) is 0 Å². The number of hydrogen-bond donors (Lipinski definition) is 2. The van der Waals surface area contributed by atoms with E-state index in [2.05, 4.69) is 15.6 Å². The fraction of sp³-hybridized carbons (Fsp3) is 0.385. The van der Waals surface area contributed by atoms with Gasteiger partial charge in [-0.1, -0.05) is 17.7 Å². The molecule has 1 atom stereocenters. The van der Waals surface area contributed by atoms with E-state index in [1.165, 1.54) is 0 Å².